The van der Waals surface area contributed by atoms with Gasteiger partial charge in [0.05, 0.1) is 0 Å². The maximum atomic E-state index is 5.81. The standard InChI is InChI=1S/C17H25BrN2/c18-15-6-4-14-12-17(7-5-13(14)11-15)20-10-2-1-3-16(20)8-9-19/h4,6,11,16-17H,1-3,5,7-10,12,19H2. The number of aryl methyl sites for hydroxylation is 1. The average Bonchev–Trinajstić information content (AvgIpc) is 2.48. The summed E-state index contributed by atoms with van der Waals surface area (Å²) < 4.78 is 1.22. The SMILES string of the molecule is NCCC1CCCCN1C1CCc2cc(Br)ccc2C1. The quantitative estimate of drug-likeness (QED) is 0.915. The van der Waals surface area contributed by atoms with Crippen LogP contribution in [0.2, 0.25) is 0 Å². The first-order valence-corrected chi connectivity index (χ1v) is 8.80. The number of hydrogen-bond donors (Lipinski definition) is 1. The Morgan fingerprint density at radius 1 is 1.20 bits per heavy atom. The van der Waals surface area contributed by atoms with Crippen LogP contribution in [0.3, 0.4) is 0 Å². The molecule has 1 aromatic rings. The molecular formula is C17H25BrN2. The average molecular weight is 337 g/mol. The van der Waals surface area contributed by atoms with E-state index in [1.807, 2.05) is 0 Å². The van der Waals surface area contributed by atoms with Crippen LogP contribution in [0.4, 0.5) is 0 Å². The monoisotopic (exact) mass is 336 g/mol. The molecule has 0 bridgehead atoms. The van der Waals surface area contributed by atoms with E-state index < -0.39 is 0 Å². The van der Waals surface area contributed by atoms with Gasteiger partial charge in [0.15, 0.2) is 0 Å². The zero-order valence-electron chi connectivity index (χ0n) is 12.2. The molecule has 1 aliphatic carbocycles. The molecule has 110 valence electrons. The van der Waals surface area contributed by atoms with Gasteiger partial charge in [0, 0.05) is 16.6 Å². The smallest absolute Gasteiger partial charge is 0.0178 e. The maximum Gasteiger partial charge on any atom is 0.0178 e. The van der Waals surface area contributed by atoms with Gasteiger partial charge in [-0.3, -0.25) is 4.90 Å². The van der Waals surface area contributed by atoms with Crippen molar-refractivity contribution in [1.29, 1.82) is 0 Å². The van der Waals surface area contributed by atoms with Gasteiger partial charge in [-0.15, -0.1) is 0 Å². The van der Waals surface area contributed by atoms with Crippen LogP contribution in [-0.2, 0) is 12.8 Å². The number of hydrogen-bond acceptors (Lipinski definition) is 2. The molecule has 0 radical (unpaired) electrons. The second-order valence-electron chi connectivity index (χ2n) is 6.27. The summed E-state index contributed by atoms with van der Waals surface area (Å²) in [6.07, 6.45) is 9.03. The van der Waals surface area contributed by atoms with Crippen LogP contribution in [0, 0.1) is 0 Å². The van der Waals surface area contributed by atoms with Crippen LogP contribution < -0.4 is 5.73 Å². The zero-order chi connectivity index (χ0) is 13.9. The normalized spacial score (nSPS) is 27.3. The lowest BCUT2D eigenvalue weighted by atomic mass is 9.85. The van der Waals surface area contributed by atoms with Crippen molar-refractivity contribution in [2.24, 2.45) is 5.73 Å². The summed E-state index contributed by atoms with van der Waals surface area (Å²) in [5, 5.41) is 0. The Morgan fingerprint density at radius 2 is 2.10 bits per heavy atom. The van der Waals surface area contributed by atoms with E-state index in [1.54, 1.807) is 11.1 Å². The van der Waals surface area contributed by atoms with Gasteiger partial charge in [0.2, 0.25) is 0 Å². The van der Waals surface area contributed by atoms with E-state index in [-0.39, 0.29) is 0 Å². The van der Waals surface area contributed by atoms with Crippen molar-refractivity contribution in [3.8, 4) is 0 Å². The molecule has 2 atom stereocenters. The van der Waals surface area contributed by atoms with Crippen LogP contribution in [0.25, 0.3) is 0 Å². The zero-order valence-corrected chi connectivity index (χ0v) is 13.7. The molecule has 1 fully saturated rings. The van der Waals surface area contributed by atoms with E-state index in [4.69, 9.17) is 5.73 Å². The van der Waals surface area contributed by atoms with Gasteiger partial charge in [-0.2, -0.15) is 0 Å². The van der Waals surface area contributed by atoms with Crippen molar-refractivity contribution in [3.05, 3.63) is 33.8 Å². The minimum Gasteiger partial charge on any atom is -0.330 e. The third-order valence-electron chi connectivity index (χ3n) is 5.01. The topological polar surface area (TPSA) is 29.3 Å². The number of nitrogens with zero attached hydrogens (tertiary/aromatic N) is 1. The summed E-state index contributed by atoms with van der Waals surface area (Å²) in [4.78, 5) is 2.78. The maximum absolute atomic E-state index is 5.81. The molecule has 0 spiro atoms. The third-order valence-corrected chi connectivity index (χ3v) is 5.51. The molecule has 0 saturated carbocycles. The Bertz CT molecular complexity index is 458. The molecule has 1 aliphatic heterocycles. The lowest BCUT2D eigenvalue weighted by Gasteiger charge is -2.43. The molecule has 2 nitrogen and oxygen atoms in total. The molecule has 2 aliphatic rings. The first-order valence-electron chi connectivity index (χ1n) is 8.01. The predicted molar refractivity (Wildman–Crippen MR) is 88.0 cm³/mol. The summed E-state index contributed by atoms with van der Waals surface area (Å²) in [7, 11) is 0. The molecule has 1 saturated heterocycles. The molecule has 0 aromatic heterocycles. The van der Waals surface area contributed by atoms with Gasteiger partial charge < -0.3 is 5.73 Å². The summed E-state index contributed by atoms with van der Waals surface area (Å²) >= 11 is 3.59. The molecule has 3 heteroatoms. The number of piperidine rings is 1. The first kappa shape index (κ1) is 14.6. The van der Waals surface area contributed by atoms with Crippen molar-refractivity contribution in [2.45, 2.75) is 57.0 Å². The first-order chi connectivity index (χ1) is 9.78. The number of benzene rings is 1. The van der Waals surface area contributed by atoms with Gasteiger partial charge in [-0.1, -0.05) is 28.4 Å². The van der Waals surface area contributed by atoms with E-state index in [2.05, 4.69) is 39.0 Å². The molecule has 2 unspecified atom stereocenters. The van der Waals surface area contributed by atoms with Gasteiger partial charge in [-0.25, -0.2) is 0 Å². The highest BCUT2D eigenvalue weighted by atomic mass is 79.9. The fraction of sp³-hybridized carbons (Fsp3) is 0.647. The lowest BCUT2D eigenvalue weighted by Crippen LogP contribution is -2.49. The van der Waals surface area contributed by atoms with E-state index in [1.165, 1.54) is 56.0 Å². The van der Waals surface area contributed by atoms with Crippen LogP contribution >= 0.6 is 15.9 Å². The fourth-order valence-electron chi connectivity index (χ4n) is 3.99. The fourth-order valence-corrected chi connectivity index (χ4v) is 4.40. The number of likely N-dealkylation sites (tertiary alicyclic amines) is 1. The number of nitrogens with two attached hydrogens (primary N) is 1. The third kappa shape index (κ3) is 3.10. The largest absolute Gasteiger partial charge is 0.330 e. The highest BCUT2D eigenvalue weighted by Crippen LogP contribution is 2.31. The van der Waals surface area contributed by atoms with Crippen molar-refractivity contribution in [2.75, 3.05) is 13.1 Å². The van der Waals surface area contributed by atoms with Crippen molar-refractivity contribution in [1.82, 2.24) is 4.90 Å². The Balaban J connectivity index is 1.73. The van der Waals surface area contributed by atoms with Crippen LogP contribution in [0.5, 0.6) is 0 Å². The van der Waals surface area contributed by atoms with Crippen LogP contribution in [0.1, 0.15) is 43.2 Å². The molecule has 1 heterocycles. The van der Waals surface area contributed by atoms with Crippen molar-refractivity contribution >= 4 is 15.9 Å². The summed E-state index contributed by atoms with van der Waals surface area (Å²) in [6, 6.07) is 8.28. The molecule has 2 N–H and O–H groups in total. The molecule has 3 rings (SSSR count). The van der Waals surface area contributed by atoms with Gasteiger partial charge in [-0.05, 0) is 74.9 Å². The summed E-state index contributed by atoms with van der Waals surface area (Å²) in [5.74, 6) is 0. The van der Waals surface area contributed by atoms with E-state index in [0.717, 1.165) is 18.6 Å². The molecular weight excluding hydrogens is 312 g/mol. The minimum atomic E-state index is 0.732. The number of rotatable bonds is 3. The lowest BCUT2D eigenvalue weighted by molar-refractivity contribution is 0.0819. The van der Waals surface area contributed by atoms with Gasteiger partial charge in [0.25, 0.3) is 0 Å². The Kier molecular flexibility index (Phi) is 4.79. The van der Waals surface area contributed by atoms with Crippen molar-refractivity contribution < 1.29 is 0 Å². The van der Waals surface area contributed by atoms with E-state index in [0.29, 0.717) is 0 Å². The number of halogens is 1. The molecule has 20 heavy (non-hydrogen) atoms. The van der Waals surface area contributed by atoms with Gasteiger partial charge >= 0.3 is 0 Å². The predicted octanol–water partition coefficient (Wildman–Crippen LogP) is 3.51. The summed E-state index contributed by atoms with van der Waals surface area (Å²) in [5.41, 5.74) is 8.91. The highest BCUT2D eigenvalue weighted by molar-refractivity contribution is 9.10. The van der Waals surface area contributed by atoms with Crippen LogP contribution in [-0.4, -0.2) is 30.1 Å². The molecule has 0 amide bonds. The Hall–Kier alpha value is -0.380. The Morgan fingerprint density at radius 3 is 2.95 bits per heavy atom. The second-order valence-corrected chi connectivity index (χ2v) is 7.19. The van der Waals surface area contributed by atoms with Gasteiger partial charge in [0.1, 0.15) is 0 Å². The molecule has 1 aromatic carbocycles. The van der Waals surface area contributed by atoms with E-state index in [9.17, 15) is 0 Å². The van der Waals surface area contributed by atoms with Crippen molar-refractivity contribution in [3.63, 3.8) is 0 Å². The number of fused-ring (bicyclic) bond motifs is 1. The highest BCUT2D eigenvalue weighted by Gasteiger charge is 2.30. The second kappa shape index (κ2) is 6.59. The van der Waals surface area contributed by atoms with E-state index >= 15 is 0 Å². The Labute approximate surface area is 130 Å². The van der Waals surface area contributed by atoms with Crippen LogP contribution in [0.15, 0.2) is 22.7 Å². The summed E-state index contributed by atoms with van der Waals surface area (Å²) in [6.45, 7) is 2.11. The minimum absolute atomic E-state index is 0.732.